The number of nitrogens with zero attached hydrogens (tertiary/aromatic N) is 6. The van der Waals surface area contributed by atoms with E-state index in [9.17, 15) is 5.11 Å². The fourth-order valence-electron chi connectivity index (χ4n) is 8.20. The molecule has 7 heterocycles. The molecule has 9 rings (SSSR count). The van der Waals surface area contributed by atoms with Crippen LogP contribution in [-0.2, 0) is 4.74 Å². The number of aliphatic hydroxyl groups excluding tert-OH is 1. The Hall–Kier alpha value is -3.58. The van der Waals surface area contributed by atoms with Gasteiger partial charge in [0.25, 0.3) is 0 Å². The van der Waals surface area contributed by atoms with Crippen molar-refractivity contribution in [3.05, 3.63) is 40.3 Å². The van der Waals surface area contributed by atoms with Crippen molar-refractivity contribution >= 4 is 39.2 Å². The maximum Gasteiger partial charge on any atom is 0.319 e. The molecular weight excluding hydrogens is 625 g/mol. The van der Waals surface area contributed by atoms with Gasteiger partial charge in [0.1, 0.15) is 35.6 Å². The molecule has 0 amide bonds. The number of anilines is 1. The molecule has 4 aliphatic heterocycles. The van der Waals surface area contributed by atoms with Crippen LogP contribution >= 0.6 is 11.6 Å². The van der Waals surface area contributed by atoms with Crippen molar-refractivity contribution in [3.63, 3.8) is 0 Å². The molecule has 3 aromatic heterocycles. The zero-order valence-corrected chi connectivity index (χ0v) is 27.0. The van der Waals surface area contributed by atoms with Crippen molar-refractivity contribution in [1.82, 2.24) is 30.0 Å². The molecule has 0 spiro atoms. The molecule has 3 atom stereocenters. The first kappa shape index (κ1) is 29.6. The van der Waals surface area contributed by atoms with Crippen molar-refractivity contribution in [2.45, 2.75) is 69.1 Å². The molecule has 1 aliphatic carbocycles. The van der Waals surface area contributed by atoms with Crippen LogP contribution in [0.2, 0.25) is 5.02 Å². The number of ether oxygens (including phenoxy) is 3. The van der Waals surface area contributed by atoms with Gasteiger partial charge in [-0.05, 0) is 69.5 Å². The summed E-state index contributed by atoms with van der Waals surface area (Å²) in [4.78, 5) is 19.2. The molecule has 1 saturated carbocycles. The number of hydrogen-bond donors (Lipinski definition) is 2. The Kier molecular flexibility index (Phi) is 7.08. The van der Waals surface area contributed by atoms with Gasteiger partial charge in [-0.2, -0.15) is 15.1 Å². The van der Waals surface area contributed by atoms with Crippen LogP contribution in [0, 0.1) is 5.82 Å². The van der Waals surface area contributed by atoms with E-state index < -0.39 is 11.9 Å². The van der Waals surface area contributed by atoms with E-state index in [2.05, 4.69) is 20.0 Å². The van der Waals surface area contributed by atoms with E-state index in [4.69, 9.17) is 40.8 Å². The van der Waals surface area contributed by atoms with Crippen molar-refractivity contribution < 1.29 is 23.7 Å². The fourth-order valence-corrected chi connectivity index (χ4v) is 8.56. The van der Waals surface area contributed by atoms with E-state index in [0.717, 1.165) is 62.6 Å². The molecule has 5 aliphatic rings. The van der Waals surface area contributed by atoms with Gasteiger partial charge >= 0.3 is 6.01 Å². The van der Waals surface area contributed by atoms with Crippen LogP contribution in [0.25, 0.3) is 33.1 Å². The number of hydrogen-bond acceptors (Lipinski definition) is 10. The largest absolute Gasteiger partial charge is 0.475 e. The van der Waals surface area contributed by atoms with E-state index in [-0.39, 0.29) is 40.6 Å². The summed E-state index contributed by atoms with van der Waals surface area (Å²) in [6, 6.07) is 1.84. The van der Waals surface area contributed by atoms with Crippen LogP contribution < -0.4 is 14.4 Å². The van der Waals surface area contributed by atoms with E-state index in [0.29, 0.717) is 60.3 Å². The highest BCUT2D eigenvalue weighted by Gasteiger charge is 2.47. The lowest BCUT2D eigenvalue weighted by molar-refractivity contribution is 0.108. The number of benzene rings is 1. The molecule has 13 heteroatoms. The summed E-state index contributed by atoms with van der Waals surface area (Å²) < 4.78 is 36.0. The minimum atomic E-state index is -0.569. The summed E-state index contributed by atoms with van der Waals surface area (Å²) in [6.07, 6.45) is 8.73. The molecule has 2 N–H and O–H groups in total. The SMILES string of the molecule is CC(O)/C=C1\CN2CCC[C@@]2(COc2nc3c4c(nc(-c5c(C6CC6)c(Cl)cc6[nH]ncc56)c(F)c4n2)OC[C@@H]2COCCCN32)C1. The third kappa shape index (κ3) is 4.94. The molecule has 3 saturated heterocycles. The predicted octanol–water partition coefficient (Wildman–Crippen LogP) is 5.15. The number of fused-ring (bicyclic) bond motifs is 4. The molecule has 246 valence electrons. The third-order valence-corrected chi connectivity index (χ3v) is 10.7. The van der Waals surface area contributed by atoms with E-state index in [1.165, 1.54) is 5.57 Å². The van der Waals surface area contributed by atoms with Crippen LogP contribution in [0.5, 0.6) is 11.9 Å². The predicted molar refractivity (Wildman–Crippen MR) is 175 cm³/mol. The molecule has 1 aromatic carbocycles. The summed E-state index contributed by atoms with van der Waals surface area (Å²) in [5, 5.41) is 19.0. The topological polar surface area (TPSA) is 122 Å². The van der Waals surface area contributed by atoms with Crippen LogP contribution in [0.15, 0.2) is 23.9 Å². The molecule has 4 aromatic rings. The Labute approximate surface area is 276 Å². The average Bonchev–Trinajstić information content (AvgIpc) is 3.64. The summed E-state index contributed by atoms with van der Waals surface area (Å²) >= 11 is 6.85. The number of aromatic nitrogens is 5. The lowest BCUT2D eigenvalue weighted by Gasteiger charge is -2.31. The van der Waals surface area contributed by atoms with Gasteiger partial charge in [0.15, 0.2) is 5.82 Å². The van der Waals surface area contributed by atoms with Gasteiger partial charge in [-0.3, -0.25) is 10.00 Å². The average molecular weight is 662 g/mol. The highest BCUT2D eigenvalue weighted by atomic mass is 35.5. The quantitative estimate of drug-likeness (QED) is 0.268. The van der Waals surface area contributed by atoms with Crippen molar-refractivity contribution in [1.29, 1.82) is 0 Å². The summed E-state index contributed by atoms with van der Waals surface area (Å²) in [6.45, 7) is 5.98. The maximum absolute atomic E-state index is 17.2. The first-order valence-electron chi connectivity index (χ1n) is 16.7. The third-order valence-electron chi connectivity index (χ3n) is 10.4. The first-order chi connectivity index (χ1) is 22.9. The number of aromatic amines is 1. The highest BCUT2D eigenvalue weighted by molar-refractivity contribution is 6.33. The summed E-state index contributed by atoms with van der Waals surface area (Å²) in [7, 11) is 0. The van der Waals surface area contributed by atoms with Gasteiger partial charge in [-0.1, -0.05) is 23.3 Å². The Morgan fingerprint density at radius 2 is 2.13 bits per heavy atom. The van der Waals surface area contributed by atoms with Crippen molar-refractivity contribution in [2.75, 3.05) is 51.0 Å². The Bertz CT molecular complexity index is 1930. The summed E-state index contributed by atoms with van der Waals surface area (Å²) in [5.74, 6) is 0.487. The van der Waals surface area contributed by atoms with Gasteiger partial charge in [0.2, 0.25) is 5.88 Å². The van der Waals surface area contributed by atoms with Gasteiger partial charge in [0, 0.05) is 35.7 Å². The normalized spacial score (nSPS) is 25.9. The minimum Gasteiger partial charge on any atom is -0.475 e. The number of halogens is 2. The van der Waals surface area contributed by atoms with Crippen LogP contribution in [0.4, 0.5) is 10.2 Å². The van der Waals surface area contributed by atoms with Gasteiger partial charge < -0.3 is 24.2 Å². The summed E-state index contributed by atoms with van der Waals surface area (Å²) in [5.41, 5.74) is 3.45. The molecule has 0 bridgehead atoms. The molecule has 4 fully saturated rings. The van der Waals surface area contributed by atoms with Crippen LogP contribution in [0.1, 0.15) is 56.9 Å². The second-order valence-corrected chi connectivity index (χ2v) is 14.2. The van der Waals surface area contributed by atoms with E-state index in [1.807, 2.05) is 12.1 Å². The van der Waals surface area contributed by atoms with E-state index >= 15 is 4.39 Å². The number of nitrogens with one attached hydrogen (secondary N) is 1. The molecule has 11 nitrogen and oxygen atoms in total. The Morgan fingerprint density at radius 3 is 2.98 bits per heavy atom. The molecule has 1 unspecified atom stereocenters. The second kappa shape index (κ2) is 11.3. The zero-order valence-electron chi connectivity index (χ0n) is 26.3. The smallest absolute Gasteiger partial charge is 0.319 e. The monoisotopic (exact) mass is 661 g/mol. The Balaban J connectivity index is 1.20. The van der Waals surface area contributed by atoms with Crippen LogP contribution in [-0.4, -0.2) is 98.9 Å². The number of aliphatic hydroxyl groups is 1. The van der Waals surface area contributed by atoms with Gasteiger partial charge in [0.05, 0.1) is 36.0 Å². The number of pyridine rings is 1. The van der Waals surface area contributed by atoms with E-state index in [1.54, 1.807) is 13.1 Å². The van der Waals surface area contributed by atoms with Crippen molar-refractivity contribution in [3.8, 4) is 23.1 Å². The molecular formula is C34H37ClFN7O4. The van der Waals surface area contributed by atoms with Crippen molar-refractivity contribution in [2.24, 2.45) is 0 Å². The second-order valence-electron chi connectivity index (χ2n) is 13.8. The standard InChI is InChI=1S/C34H37ClFN7O4/c1-18(44)10-19-12-34(6-2-7-42(34)14-19)17-47-33-39-30-27-31(40-33)43-8-3-9-45-15-21(43)16-46-32(27)38-29(28(30)36)26-22-13-37-41-24(22)11-23(35)25(26)20-4-5-20/h10-11,13,18,20-21,44H,2-9,12,14-17H2,1H3,(H,37,41)/b19-10-/t18?,21-,34-/m0/s1. The minimum absolute atomic E-state index is 0.107. The lowest BCUT2D eigenvalue weighted by atomic mass is 9.93. The lowest BCUT2D eigenvalue weighted by Crippen LogP contribution is -2.43. The van der Waals surface area contributed by atoms with Gasteiger partial charge in [-0.25, -0.2) is 9.37 Å². The zero-order chi connectivity index (χ0) is 31.9. The molecule has 47 heavy (non-hydrogen) atoms. The fraction of sp³-hybridized carbons (Fsp3) is 0.529. The first-order valence-corrected chi connectivity index (χ1v) is 17.1. The maximum atomic E-state index is 17.2. The van der Waals surface area contributed by atoms with Gasteiger partial charge in [-0.15, -0.1) is 0 Å². The number of rotatable bonds is 6. The van der Waals surface area contributed by atoms with Crippen LogP contribution in [0.3, 0.4) is 0 Å². The highest BCUT2D eigenvalue weighted by Crippen LogP contribution is 2.51. The number of H-pyrrole nitrogens is 1. The molecule has 0 radical (unpaired) electrons. The Morgan fingerprint density at radius 1 is 1.23 bits per heavy atom.